The van der Waals surface area contributed by atoms with Crippen LogP contribution in [0.2, 0.25) is 0 Å². The summed E-state index contributed by atoms with van der Waals surface area (Å²) < 4.78 is 16.3. The summed E-state index contributed by atoms with van der Waals surface area (Å²) in [5, 5.41) is 13.7. The van der Waals surface area contributed by atoms with Crippen LogP contribution in [-0.4, -0.2) is 23.5 Å². The predicted molar refractivity (Wildman–Crippen MR) is 80.0 cm³/mol. The van der Waals surface area contributed by atoms with E-state index in [-0.39, 0.29) is 5.75 Å². The van der Waals surface area contributed by atoms with Crippen molar-refractivity contribution in [3.8, 4) is 39.7 Å². The van der Waals surface area contributed by atoms with Gasteiger partial charge in [0, 0.05) is 6.07 Å². The Morgan fingerprint density at radius 1 is 0.864 bits per heavy atom. The molecule has 0 aliphatic carbocycles. The highest BCUT2D eigenvalue weighted by molar-refractivity contribution is 5.76. The van der Waals surface area contributed by atoms with E-state index in [1.165, 1.54) is 0 Å². The number of nitrogens with zero attached hydrogens (tertiary/aromatic N) is 1. The Balaban J connectivity index is 1.78. The van der Waals surface area contributed by atoms with E-state index in [0.717, 1.165) is 22.6 Å². The van der Waals surface area contributed by atoms with Crippen molar-refractivity contribution in [2.75, 3.05) is 13.2 Å². The lowest BCUT2D eigenvalue weighted by Gasteiger charge is -2.19. The van der Waals surface area contributed by atoms with E-state index >= 15 is 0 Å². The number of rotatable bonds is 2. The summed E-state index contributed by atoms with van der Waals surface area (Å²) >= 11 is 0. The maximum atomic E-state index is 10.0. The number of aromatic hydroxyl groups is 1. The quantitative estimate of drug-likeness (QED) is 0.784. The highest BCUT2D eigenvalue weighted by atomic mass is 16.6. The van der Waals surface area contributed by atoms with Gasteiger partial charge in [0.05, 0.1) is 11.8 Å². The largest absolute Gasteiger partial charge is 0.507 e. The van der Waals surface area contributed by atoms with E-state index in [4.69, 9.17) is 14.0 Å². The van der Waals surface area contributed by atoms with Crippen molar-refractivity contribution in [3.63, 3.8) is 0 Å². The van der Waals surface area contributed by atoms with Gasteiger partial charge in [0.15, 0.2) is 17.3 Å². The molecule has 0 atom stereocenters. The molecule has 4 rings (SSSR count). The summed E-state index contributed by atoms with van der Waals surface area (Å²) in [6, 6.07) is 12.9. The maximum absolute atomic E-state index is 10.0. The van der Waals surface area contributed by atoms with Crippen LogP contribution in [0.25, 0.3) is 22.5 Å². The van der Waals surface area contributed by atoms with Gasteiger partial charge in [-0.05, 0) is 35.4 Å². The molecule has 22 heavy (non-hydrogen) atoms. The topological polar surface area (TPSA) is 64.7 Å². The molecule has 0 bridgehead atoms. The third-order valence-corrected chi connectivity index (χ3v) is 3.58. The van der Waals surface area contributed by atoms with Crippen molar-refractivity contribution in [3.05, 3.63) is 48.7 Å². The van der Waals surface area contributed by atoms with Gasteiger partial charge in [-0.3, -0.25) is 0 Å². The maximum Gasteiger partial charge on any atom is 0.170 e. The molecule has 0 amide bonds. The first-order valence-corrected chi connectivity index (χ1v) is 6.95. The van der Waals surface area contributed by atoms with Crippen LogP contribution in [-0.2, 0) is 0 Å². The molecule has 0 radical (unpaired) electrons. The van der Waals surface area contributed by atoms with Gasteiger partial charge in [-0.25, -0.2) is 0 Å². The highest BCUT2D eigenvalue weighted by Gasteiger charge is 2.14. The van der Waals surface area contributed by atoms with Crippen molar-refractivity contribution in [1.29, 1.82) is 0 Å². The van der Waals surface area contributed by atoms with E-state index in [1.807, 2.05) is 30.3 Å². The first-order chi connectivity index (χ1) is 10.8. The molecule has 5 nitrogen and oxygen atoms in total. The lowest BCUT2D eigenvalue weighted by Crippen LogP contribution is -2.15. The Morgan fingerprint density at radius 3 is 2.45 bits per heavy atom. The molecule has 2 aromatic carbocycles. The second kappa shape index (κ2) is 5.11. The Morgan fingerprint density at radius 2 is 1.64 bits per heavy atom. The van der Waals surface area contributed by atoms with Crippen molar-refractivity contribution < 1.29 is 19.1 Å². The van der Waals surface area contributed by atoms with E-state index in [9.17, 15) is 5.11 Å². The molecule has 1 aliphatic rings. The van der Waals surface area contributed by atoms with Crippen LogP contribution in [0.15, 0.2) is 53.2 Å². The van der Waals surface area contributed by atoms with Gasteiger partial charge in [-0.2, -0.15) is 0 Å². The summed E-state index contributed by atoms with van der Waals surface area (Å²) in [5.41, 5.74) is 2.52. The summed E-state index contributed by atoms with van der Waals surface area (Å²) in [5.74, 6) is 2.16. The smallest absolute Gasteiger partial charge is 0.170 e. The first kappa shape index (κ1) is 12.8. The van der Waals surface area contributed by atoms with Crippen molar-refractivity contribution in [1.82, 2.24) is 5.16 Å². The van der Waals surface area contributed by atoms with Crippen molar-refractivity contribution >= 4 is 0 Å². The number of hydrogen-bond acceptors (Lipinski definition) is 5. The van der Waals surface area contributed by atoms with Gasteiger partial charge >= 0.3 is 0 Å². The molecular formula is C17H13NO4. The molecule has 0 saturated heterocycles. The monoisotopic (exact) mass is 295 g/mol. The number of benzene rings is 2. The predicted octanol–water partition coefficient (Wildman–Crippen LogP) is 3.49. The van der Waals surface area contributed by atoms with Crippen LogP contribution in [0.5, 0.6) is 17.2 Å². The third-order valence-electron chi connectivity index (χ3n) is 3.58. The number of aromatic nitrogens is 1. The van der Waals surface area contributed by atoms with Crippen LogP contribution in [0.3, 0.4) is 0 Å². The number of hydrogen-bond donors (Lipinski definition) is 1. The standard InChI is InChI=1S/C17H13NO4/c19-14-3-1-11(9-13(14)15-5-6-18-22-15)12-2-4-16-17(10-12)21-8-7-20-16/h1-6,9-10,19H,7-8H2. The summed E-state index contributed by atoms with van der Waals surface area (Å²) in [6.45, 7) is 1.12. The molecule has 0 spiro atoms. The third kappa shape index (κ3) is 2.16. The SMILES string of the molecule is Oc1ccc(-c2ccc3c(c2)OCCO3)cc1-c1ccno1. The van der Waals surface area contributed by atoms with Crippen LogP contribution in [0.1, 0.15) is 0 Å². The van der Waals surface area contributed by atoms with E-state index in [1.54, 1.807) is 18.3 Å². The minimum atomic E-state index is 0.151. The molecular weight excluding hydrogens is 282 g/mol. The molecule has 5 heteroatoms. The lowest BCUT2D eigenvalue weighted by molar-refractivity contribution is 0.171. The Kier molecular flexibility index (Phi) is 2.96. The molecule has 1 aromatic heterocycles. The van der Waals surface area contributed by atoms with Crippen molar-refractivity contribution in [2.45, 2.75) is 0 Å². The first-order valence-electron chi connectivity index (χ1n) is 6.95. The molecule has 3 aromatic rings. The molecule has 2 heterocycles. The molecule has 1 aliphatic heterocycles. The molecule has 110 valence electrons. The van der Waals surface area contributed by atoms with Crippen LogP contribution < -0.4 is 9.47 Å². The van der Waals surface area contributed by atoms with Gasteiger partial charge in [-0.15, -0.1) is 0 Å². The van der Waals surface area contributed by atoms with E-state index in [2.05, 4.69) is 5.16 Å². The Bertz CT molecular complexity index is 812. The normalized spacial score (nSPS) is 13.1. The highest BCUT2D eigenvalue weighted by Crippen LogP contribution is 2.37. The fraction of sp³-hybridized carbons (Fsp3) is 0.118. The summed E-state index contributed by atoms with van der Waals surface area (Å²) in [4.78, 5) is 0. The van der Waals surface area contributed by atoms with Gasteiger partial charge in [0.1, 0.15) is 19.0 Å². The lowest BCUT2D eigenvalue weighted by atomic mass is 10.0. The second-order valence-electron chi connectivity index (χ2n) is 4.97. The van der Waals surface area contributed by atoms with Crippen LogP contribution >= 0.6 is 0 Å². The fourth-order valence-corrected chi connectivity index (χ4v) is 2.49. The molecule has 0 fully saturated rings. The average Bonchev–Trinajstić information content (AvgIpc) is 3.09. The number of ether oxygens (including phenoxy) is 2. The van der Waals surface area contributed by atoms with Crippen LogP contribution in [0.4, 0.5) is 0 Å². The zero-order valence-corrected chi connectivity index (χ0v) is 11.7. The minimum absolute atomic E-state index is 0.151. The number of phenolic OH excluding ortho intramolecular Hbond substituents is 1. The zero-order valence-electron chi connectivity index (χ0n) is 11.7. The molecule has 1 N–H and O–H groups in total. The van der Waals surface area contributed by atoms with Gasteiger partial charge in [0.25, 0.3) is 0 Å². The van der Waals surface area contributed by atoms with Crippen LogP contribution in [0, 0.1) is 0 Å². The summed E-state index contributed by atoms with van der Waals surface area (Å²) in [7, 11) is 0. The van der Waals surface area contributed by atoms with Crippen molar-refractivity contribution in [2.24, 2.45) is 0 Å². The van der Waals surface area contributed by atoms with Gasteiger partial charge in [-0.1, -0.05) is 17.3 Å². The minimum Gasteiger partial charge on any atom is -0.507 e. The molecule has 0 unspecified atom stereocenters. The second-order valence-corrected chi connectivity index (χ2v) is 4.97. The zero-order chi connectivity index (χ0) is 14.9. The number of fused-ring (bicyclic) bond motifs is 1. The number of phenols is 1. The fourth-order valence-electron chi connectivity index (χ4n) is 2.49. The average molecular weight is 295 g/mol. The van der Waals surface area contributed by atoms with E-state index < -0.39 is 0 Å². The molecule has 0 saturated carbocycles. The summed E-state index contributed by atoms with van der Waals surface area (Å²) in [6.07, 6.45) is 1.55. The Hall–Kier alpha value is -2.95. The van der Waals surface area contributed by atoms with Gasteiger partial charge in [0.2, 0.25) is 0 Å². The Labute approximate surface area is 126 Å². The van der Waals surface area contributed by atoms with Gasteiger partial charge < -0.3 is 19.1 Å². The van der Waals surface area contributed by atoms with E-state index in [0.29, 0.717) is 24.5 Å².